The Bertz CT molecular complexity index is 1190. The number of carbonyl (C=O) groups excluding carboxylic acids is 1. The van der Waals surface area contributed by atoms with Crippen LogP contribution in [0.15, 0.2) is 91.1 Å². The fourth-order valence-corrected chi connectivity index (χ4v) is 3.34. The standard InChI is InChI=1S/C25H20N2O3/c28-24(22-15-20-8-4-5-9-21(20)16-26-22)27-23(25(29)30)14-17-10-12-19(13-11-17)18-6-2-1-3-7-18/h1-13,15-16,23H,14H2,(H,27,28)(H,29,30)/t23-/m0/s1. The van der Waals surface area contributed by atoms with Crippen molar-refractivity contribution in [3.05, 3.63) is 102 Å². The molecule has 0 saturated heterocycles. The molecule has 1 amide bonds. The molecule has 0 aliphatic rings. The minimum Gasteiger partial charge on any atom is -0.480 e. The maximum atomic E-state index is 12.6. The van der Waals surface area contributed by atoms with Gasteiger partial charge in [0.25, 0.3) is 5.91 Å². The molecule has 1 heterocycles. The molecule has 0 spiro atoms. The number of rotatable bonds is 6. The van der Waals surface area contributed by atoms with Gasteiger partial charge >= 0.3 is 5.97 Å². The molecule has 1 atom stereocenters. The summed E-state index contributed by atoms with van der Waals surface area (Å²) >= 11 is 0. The van der Waals surface area contributed by atoms with Crippen molar-refractivity contribution in [1.82, 2.24) is 10.3 Å². The van der Waals surface area contributed by atoms with E-state index in [9.17, 15) is 14.7 Å². The lowest BCUT2D eigenvalue weighted by Crippen LogP contribution is -2.42. The quantitative estimate of drug-likeness (QED) is 0.508. The van der Waals surface area contributed by atoms with E-state index < -0.39 is 17.9 Å². The number of carbonyl (C=O) groups is 2. The summed E-state index contributed by atoms with van der Waals surface area (Å²) in [4.78, 5) is 28.5. The molecule has 1 aromatic heterocycles. The number of carboxylic acid groups (broad SMARTS) is 1. The number of hydrogen-bond donors (Lipinski definition) is 2. The summed E-state index contributed by atoms with van der Waals surface area (Å²) in [5, 5.41) is 14.0. The monoisotopic (exact) mass is 396 g/mol. The molecule has 0 bridgehead atoms. The van der Waals surface area contributed by atoms with Crippen molar-refractivity contribution in [3.8, 4) is 11.1 Å². The van der Waals surface area contributed by atoms with E-state index in [4.69, 9.17) is 0 Å². The zero-order valence-corrected chi connectivity index (χ0v) is 16.2. The van der Waals surface area contributed by atoms with Crippen LogP contribution < -0.4 is 5.32 Å². The van der Waals surface area contributed by atoms with Crippen molar-refractivity contribution in [1.29, 1.82) is 0 Å². The number of carboxylic acids is 1. The summed E-state index contributed by atoms with van der Waals surface area (Å²) in [6, 6.07) is 25.8. The van der Waals surface area contributed by atoms with Crippen LogP contribution in [0.25, 0.3) is 21.9 Å². The van der Waals surface area contributed by atoms with Gasteiger partial charge in [0.1, 0.15) is 11.7 Å². The maximum Gasteiger partial charge on any atom is 0.326 e. The Morgan fingerprint density at radius 1 is 0.833 bits per heavy atom. The smallest absolute Gasteiger partial charge is 0.326 e. The van der Waals surface area contributed by atoms with Gasteiger partial charge in [-0.3, -0.25) is 9.78 Å². The summed E-state index contributed by atoms with van der Waals surface area (Å²) in [5.41, 5.74) is 3.17. The van der Waals surface area contributed by atoms with Crippen LogP contribution in [-0.2, 0) is 11.2 Å². The fourth-order valence-electron chi connectivity index (χ4n) is 3.34. The van der Waals surface area contributed by atoms with Gasteiger partial charge in [-0.15, -0.1) is 0 Å². The lowest BCUT2D eigenvalue weighted by atomic mass is 10.0. The van der Waals surface area contributed by atoms with Crippen LogP contribution in [0, 0.1) is 0 Å². The third-order valence-corrected chi connectivity index (χ3v) is 4.97. The fraction of sp³-hybridized carbons (Fsp3) is 0.0800. The first-order chi connectivity index (χ1) is 14.6. The van der Waals surface area contributed by atoms with Gasteiger partial charge in [-0.25, -0.2) is 4.79 Å². The Morgan fingerprint density at radius 2 is 1.47 bits per heavy atom. The van der Waals surface area contributed by atoms with E-state index in [0.29, 0.717) is 0 Å². The van der Waals surface area contributed by atoms with Crippen molar-refractivity contribution >= 4 is 22.6 Å². The number of aromatic nitrogens is 1. The second kappa shape index (κ2) is 8.57. The van der Waals surface area contributed by atoms with Crippen LogP contribution in [0.4, 0.5) is 0 Å². The highest BCUT2D eigenvalue weighted by Crippen LogP contribution is 2.20. The van der Waals surface area contributed by atoms with Crippen molar-refractivity contribution in [2.24, 2.45) is 0 Å². The van der Waals surface area contributed by atoms with Crippen LogP contribution in [0.1, 0.15) is 16.1 Å². The van der Waals surface area contributed by atoms with Crippen LogP contribution in [-0.4, -0.2) is 28.0 Å². The first kappa shape index (κ1) is 19.3. The van der Waals surface area contributed by atoms with Crippen LogP contribution in [0.3, 0.4) is 0 Å². The van der Waals surface area contributed by atoms with Gasteiger partial charge in [-0.1, -0.05) is 78.9 Å². The number of nitrogens with one attached hydrogen (secondary N) is 1. The average molecular weight is 396 g/mol. The molecule has 0 unspecified atom stereocenters. The molecule has 5 nitrogen and oxygen atoms in total. The minimum atomic E-state index is -1.09. The van der Waals surface area contributed by atoms with E-state index >= 15 is 0 Å². The zero-order valence-electron chi connectivity index (χ0n) is 16.2. The summed E-state index contributed by atoms with van der Waals surface area (Å²) in [5.74, 6) is -1.59. The number of fused-ring (bicyclic) bond motifs is 1. The topological polar surface area (TPSA) is 79.3 Å². The highest BCUT2D eigenvalue weighted by molar-refractivity contribution is 5.98. The SMILES string of the molecule is O=C(N[C@@H](Cc1ccc(-c2ccccc2)cc1)C(=O)O)c1cc2ccccc2cn1. The van der Waals surface area contributed by atoms with Gasteiger partial charge in [-0.05, 0) is 28.1 Å². The Morgan fingerprint density at radius 3 is 2.17 bits per heavy atom. The summed E-state index contributed by atoms with van der Waals surface area (Å²) in [7, 11) is 0. The van der Waals surface area contributed by atoms with E-state index in [1.807, 2.05) is 78.9 Å². The number of amides is 1. The van der Waals surface area contributed by atoms with Crippen LogP contribution in [0.5, 0.6) is 0 Å². The molecule has 2 N–H and O–H groups in total. The van der Waals surface area contributed by atoms with Gasteiger partial charge in [0.05, 0.1) is 0 Å². The van der Waals surface area contributed by atoms with Crippen molar-refractivity contribution in [2.45, 2.75) is 12.5 Å². The Kier molecular flexibility index (Phi) is 5.52. The van der Waals surface area contributed by atoms with Crippen LogP contribution >= 0.6 is 0 Å². The van der Waals surface area contributed by atoms with Gasteiger partial charge in [-0.2, -0.15) is 0 Å². The zero-order chi connectivity index (χ0) is 20.9. The number of pyridine rings is 1. The molecule has 0 aliphatic carbocycles. The molecule has 0 aliphatic heterocycles. The predicted molar refractivity (Wildman–Crippen MR) is 116 cm³/mol. The Balaban J connectivity index is 1.48. The third-order valence-electron chi connectivity index (χ3n) is 4.97. The van der Waals surface area contributed by atoms with E-state index in [2.05, 4.69) is 10.3 Å². The van der Waals surface area contributed by atoms with Gasteiger partial charge in [0.15, 0.2) is 0 Å². The highest BCUT2D eigenvalue weighted by atomic mass is 16.4. The molecule has 0 saturated carbocycles. The first-order valence-corrected chi connectivity index (χ1v) is 9.63. The number of benzene rings is 3. The number of aliphatic carboxylic acids is 1. The van der Waals surface area contributed by atoms with Crippen molar-refractivity contribution in [3.63, 3.8) is 0 Å². The molecule has 4 aromatic rings. The number of nitrogens with zero attached hydrogens (tertiary/aromatic N) is 1. The Labute approximate surface area is 174 Å². The molecule has 148 valence electrons. The van der Waals surface area contributed by atoms with Crippen molar-refractivity contribution < 1.29 is 14.7 Å². The number of hydrogen-bond acceptors (Lipinski definition) is 3. The van der Waals surface area contributed by atoms with Gasteiger partial charge < -0.3 is 10.4 Å². The summed E-state index contributed by atoms with van der Waals surface area (Å²) < 4.78 is 0. The summed E-state index contributed by atoms with van der Waals surface area (Å²) in [6.07, 6.45) is 1.80. The van der Waals surface area contributed by atoms with Crippen LogP contribution in [0.2, 0.25) is 0 Å². The van der Waals surface area contributed by atoms with Gasteiger partial charge in [0.2, 0.25) is 0 Å². The summed E-state index contributed by atoms with van der Waals surface area (Å²) in [6.45, 7) is 0. The third kappa shape index (κ3) is 4.36. The molecule has 4 rings (SSSR count). The predicted octanol–water partition coefficient (Wildman–Crippen LogP) is 4.33. The molecular formula is C25H20N2O3. The molecule has 3 aromatic carbocycles. The molecular weight excluding hydrogens is 376 g/mol. The molecule has 30 heavy (non-hydrogen) atoms. The molecule has 0 fully saturated rings. The van der Waals surface area contributed by atoms with E-state index in [0.717, 1.165) is 27.5 Å². The first-order valence-electron chi connectivity index (χ1n) is 9.63. The normalized spacial score (nSPS) is 11.7. The van der Waals surface area contributed by atoms with Gasteiger partial charge in [0, 0.05) is 18.0 Å². The molecule has 0 radical (unpaired) electrons. The van der Waals surface area contributed by atoms with E-state index in [1.54, 1.807) is 12.3 Å². The van der Waals surface area contributed by atoms with E-state index in [-0.39, 0.29) is 12.1 Å². The minimum absolute atomic E-state index is 0.184. The second-order valence-electron chi connectivity index (χ2n) is 7.05. The lowest BCUT2D eigenvalue weighted by Gasteiger charge is -2.15. The largest absolute Gasteiger partial charge is 0.480 e. The lowest BCUT2D eigenvalue weighted by molar-refractivity contribution is -0.139. The van der Waals surface area contributed by atoms with Crippen molar-refractivity contribution in [2.75, 3.05) is 0 Å². The Hall–Kier alpha value is -3.99. The average Bonchev–Trinajstić information content (AvgIpc) is 2.79. The highest BCUT2D eigenvalue weighted by Gasteiger charge is 2.22. The molecule has 5 heteroatoms. The maximum absolute atomic E-state index is 12.6. The van der Waals surface area contributed by atoms with E-state index in [1.165, 1.54) is 0 Å². The second-order valence-corrected chi connectivity index (χ2v) is 7.05.